The van der Waals surface area contributed by atoms with Crippen molar-refractivity contribution in [2.24, 2.45) is 0 Å². The van der Waals surface area contributed by atoms with Gasteiger partial charge in [0.05, 0.1) is 6.54 Å². The molecule has 7 heteroatoms. The summed E-state index contributed by atoms with van der Waals surface area (Å²) in [6.45, 7) is 1.56. The molecular formula is C23H24N4O3. The van der Waals surface area contributed by atoms with Crippen molar-refractivity contribution in [3.8, 4) is 0 Å². The second-order valence-electron chi connectivity index (χ2n) is 6.71. The van der Waals surface area contributed by atoms with Crippen LogP contribution < -0.4 is 21.5 Å². The van der Waals surface area contributed by atoms with Crippen molar-refractivity contribution in [3.05, 3.63) is 106 Å². The van der Waals surface area contributed by atoms with Crippen LogP contribution in [0, 0.1) is 0 Å². The molecule has 1 heterocycles. The van der Waals surface area contributed by atoms with Gasteiger partial charge in [0, 0.05) is 37.5 Å². The molecule has 7 nitrogen and oxygen atoms in total. The number of rotatable bonds is 8. The first-order valence-electron chi connectivity index (χ1n) is 9.70. The summed E-state index contributed by atoms with van der Waals surface area (Å²) in [5, 5.41) is 8.24. The second kappa shape index (κ2) is 10.6. The Morgan fingerprint density at radius 3 is 2.13 bits per heavy atom. The van der Waals surface area contributed by atoms with Gasteiger partial charge in [-0.2, -0.15) is 0 Å². The lowest BCUT2D eigenvalue weighted by Gasteiger charge is -2.10. The first-order chi connectivity index (χ1) is 14.6. The van der Waals surface area contributed by atoms with Crippen molar-refractivity contribution >= 4 is 11.9 Å². The van der Waals surface area contributed by atoms with Gasteiger partial charge in [-0.05, 0) is 29.3 Å². The molecule has 0 aliphatic rings. The van der Waals surface area contributed by atoms with Crippen LogP contribution in [0.25, 0.3) is 0 Å². The number of hydrogen-bond donors (Lipinski definition) is 3. The molecule has 154 valence electrons. The molecule has 1 aromatic heterocycles. The van der Waals surface area contributed by atoms with E-state index in [2.05, 4.69) is 16.0 Å². The van der Waals surface area contributed by atoms with Gasteiger partial charge in [-0.3, -0.25) is 9.59 Å². The first-order valence-corrected chi connectivity index (χ1v) is 9.70. The SMILES string of the molecule is O=C(NCCNC(=O)c1ccccc1)NCc1ccc(Cn2ccccc2=O)cc1. The van der Waals surface area contributed by atoms with Gasteiger partial charge in [0.2, 0.25) is 0 Å². The highest BCUT2D eigenvalue weighted by molar-refractivity contribution is 5.94. The minimum absolute atomic E-state index is 0.0418. The summed E-state index contributed by atoms with van der Waals surface area (Å²) in [6.07, 6.45) is 1.75. The molecule has 3 amide bonds. The zero-order valence-electron chi connectivity index (χ0n) is 16.5. The molecule has 0 radical (unpaired) electrons. The van der Waals surface area contributed by atoms with Crippen LogP contribution in [0.3, 0.4) is 0 Å². The second-order valence-corrected chi connectivity index (χ2v) is 6.71. The van der Waals surface area contributed by atoms with Crippen molar-refractivity contribution in [2.75, 3.05) is 13.1 Å². The standard InChI is InChI=1S/C23H24N4O3/c28-21-8-4-5-15-27(21)17-19-11-9-18(10-12-19)16-26-23(30)25-14-13-24-22(29)20-6-2-1-3-7-20/h1-12,15H,13-14,16-17H2,(H,24,29)(H2,25,26,30). The summed E-state index contributed by atoms with van der Waals surface area (Å²) in [4.78, 5) is 35.6. The Hall–Kier alpha value is -3.87. The molecule has 3 N–H and O–H groups in total. The fraction of sp³-hybridized carbons (Fsp3) is 0.174. The third kappa shape index (κ3) is 6.34. The van der Waals surface area contributed by atoms with Crippen molar-refractivity contribution in [1.82, 2.24) is 20.5 Å². The Morgan fingerprint density at radius 2 is 1.40 bits per heavy atom. The normalized spacial score (nSPS) is 10.3. The quantitative estimate of drug-likeness (QED) is 0.502. The summed E-state index contributed by atoms with van der Waals surface area (Å²) in [6, 6.07) is 21.4. The number of aromatic nitrogens is 1. The number of amides is 3. The zero-order valence-corrected chi connectivity index (χ0v) is 16.5. The first kappa shape index (κ1) is 20.9. The summed E-state index contributed by atoms with van der Waals surface area (Å²) in [5.74, 6) is -0.171. The molecule has 0 spiro atoms. The highest BCUT2D eigenvalue weighted by Gasteiger charge is 2.04. The van der Waals surface area contributed by atoms with E-state index in [4.69, 9.17) is 0 Å². The van der Waals surface area contributed by atoms with Crippen molar-refractivity contribution in [1.29, 1.82) is 0 Å². The maximum atomic E-state index is 11.9. The largest absolute Gasteiger partial charge is 0.350 e. The van der Waals surface area contributed by atoms with Crippen LogP contribution >= 0.6 is 0 Å². The van der Waals surface area contributed by atoms with Gasteiger partial charge in [0.15, 0.2) is 0 Å². The van der Waals surface area contributed by atoms with Crippen LogP contribution in [0.4, 0.5) is 4.79 Å². The van der Waals surface area contributed by atoms with E-state index >= 15 is 0 Å². The number of benzene rings is 2. The van der Waals surface area contributed by atoms with E-state index in [-0.39, 0.29) is 17.5 Å². The van der Waals surface area contributed by atoms with E-state index < -0.39 is 0 Å². The Labute approximate surface area is 174 Å². The highest BCUT2D eigenvalue weighted by atomic mass is 16.2. The summed E-state index contributed by atoms with van der Waals surface area (Å²) < 4.78 is 1.64. The van der Waals surface area contributed by atoms with Crippen LogP contribution in [-0.2, 0) is 13.1 Å². The van der Waals surface area contributed by atoms with Crippen molar-refractivity contribution in [2.45, 2.75) is 13.1 Å². The Kier molecular flexibility index (Phi) is 7.38. The van der Waals surface area contributed by atoms with E-state index in [1.54, 1.807) is 41.1 Å². The summed E-state index contributed by atoms with van der Waals surface area (Å²) >= 11 is 0. The lowest BCUT2D eigenvalue weighted by molar-refractivity contribution is 0.0954. The van der Waals surface area contributed by atoms with Gasteiger partial charge in [-0.1, -0.05) is 48.5 Å². The van der Waals surface area contributed by atoms with E-state index in [1.165, 1.54) is 6.07 Å². The predicted octanol–water partition coefficient (Wildman–Crippen LogP) is 2.13. The molecule has 0 aliphatic heterocycles. The smallest absolute Gasteiger partial charge is 0.315 e. The molecule has 0 saturated heterocycles. The van der Waals surface area contributed by atoms with Gasteiger partial charge in [0.25, 0.3) is 11.5 Å². The fourth-order valence-electron chi connectivity index (χ4n) is 2.84. The van der Waals surface area contributed by atoms with Crippen LogP contribution in [0.15, 0.2) is 83.8 Å². The van der Waals surface area contributed by atoms with Gasteiger partial charge in [-0.25, -0.2) is 4.79 Å². The van der Waals surface area contributed by atoms with Crippen molar-refractivity contribution < 1.29 is 9.59 Å². The number of urea groups is 1. The minimum atomic E-state index is -0.302. The third-order valence-corrected chi connectivity index (χ3v) is 4.46. The summed E-state index contributed by atoms with van der Waals surface area (Å²) in [5.41, 5.74) is 2.50. The van der Waals surface area contributed by atoms with E-state index in [1.807, 2.05) is 36.4 Å². The minimum Gasteiger partial charge on any atom is -0.350 e. The summed E-state index contributed by atoms with van der Waals surface area (Å²) in [7, 11) is 0. The molecule has 0 aliphatic carbocycles. The number of nitrogens with zero attached hydrogens (tertiary/aromatic N) is 1. The van der Waals surface area contributed by atoms with Crippen LogP contribution in [0.1, 0.15) is 21.5 Å². The number of carbonyl (C=O) groups excluding carboxylic acids is 2. The zero-order chi connectivity index (χ0) is 21.2. The van der Waals surface area contributed by atoms with Gasteiger partial charge >= 0.3 is 6.03 Å². The average molecular weight is 404 g/mol. The number of carbonyl (C=O) groups is 2. The maximum absolute atomic E-state index is 11.9. The third-order valence-electron chi connectivity index (χ3n) is 4.46. The molecule has 30 heavy (non-hydrogen) atoms. The Balaban J connectivity index is 1.36. The van der Waals surface area contributed by atoms with Gasteiger partial charge in [-0.15, -0.1) is 0 Å². The molecular weight excluding hydrogens is 380 g/mol. The van der Waals surface area contributed by atoms with Gasteiger partial charge in [0.1, 0.15) is 0 Å². The number of hydrogen-bond acceptors (Lipinski definition) is 3. The molecule has 0 bridgehead atoms. The van der Waals surface area contributed by atoms with E-state index in [0.29, 0.717) is 31.7 Å². The lowest BCUT2D eigenvalue weighted by atomic mass is 10.1. The topological polar surface area (TPSA) is 92.2 Å². The molecule has 0 fully saturated rings. The van der Waals surface area contributed by atoms with E-state index in [0.717, 1.165) is 11.1 Å². The average Bonchev–Trinajstić information content (AvgIpc) is 2.78. The molecule has 0 atom stereocenters. The van der Waals surface area contributed by atoms with Crippen LogP contribution in [0.5, 0.6) is 0 Å². The molecule has 3 rings (SSSR count). The molecule has 3 aromatic rings. The fourth-order valence-corrected chi connectivity index (χ4v) is 2.84. The monoisotopic (exact) mass is 404 g/mol. The number of pyridine rings is 1. The number of nitrogens with one attached hydrogen (secondary N) is 3. The lowest BCUT2D eigenvalue weighted by Crippen LogP contribution is -2.40. The molecule has 0 unspecified atom stereocenters. The molecule has 2 aromatic carbocycles. The van der Waals surface area contributed by atoms with Crippen LogP contribution in [-0.4, -0.2) is 29.6 Å². The highest BCUT2D eigenvalue weighted by Crippen LogP contribution is 2.05. The van der Waals surface area contributed by atoms with Crippen LogP contribution in [0.2, 0.25) is 0 Å². The Morgan fingerprint density at radius 1 is 0.733 bits per heavy atom. The maximum Gasteiger partial charge on any atom is 0.315 e. The molecule has 0 saturated carbocycles. The van der Waals surface area contributed by atoms with Crippen molar-refractivity contribution in [3.63, 3.8) is 0 Å². The predicted molar refractivity (Wildman–Crippen MR) is 115 cm³/mol. The van der Waals surface area contributed by atoms with Gasteiger partial charge < -0.3 is 20.5 Å². The Bertz CT molecular complexity index is 1030. The van der Waals surface area contributed by atoms with E-state index in [9.17, 15) is 14.4 Å².